The number of sulfonamides is 1. The van der Waals surface area contributed by atoms with E-state index < -0.39 is 21.7 Å². The molecule has 2 heterocycles. The Morgan fingerprint density at radius 2 is 1.70 bits per heavy atom. The Bertz CT molecular complexity index is 1410. The van der Waals surface area contributed by atoms with Crippen molar-refractivity contribution in [1.29, 1.82) is 0 Å². The van der Waals surface area contributed by atoms with Crippen molar-refractivity contribution < 1.29 is 22.0 Å². The number of halogens is 1. The van der Waals surface area contributed by atoms with Crippen LogP contribution in [0, 0.1) is 19.7 Å². The first-order valence-electron chi connectivity index (χ1n) is 9.82. The van der Waals surface area contributed by atoms with Gasteiger partial charge in [0, 0.05) is 17.4 Å². The Labute approximate surface area is 189 Å². The Balaban J connectivity index is 1.46. The average Bonchev–Trinajstić information content (AvgIpc) is 3.23. The van der Waals surface area contributed by atoms with Crippen LogP contribution >= 0.6 is 0 Å². The van der Waals surface area contributed by atoms with E-state index in [9.17, 15) is 17.6 Å². The molecule has 2 aromatic heterocycles. The molecule has 0 aliphatic carbocycles. The van der Waals surface area contributed by atoms with E-state index in [0.717, 1.165) is 0 Å². The van der Waals surface area contributed by atoms with Gasteiger partial charge in [0.2, 0.25) is 0 Å². The standard InChI is InChI=1S/C23H19FN4O4S/c1-14-13-22(26-15(2)25-14)28-33(30,31)17-9-7-16(8-10-17)27-23(29)21-12-11-20(32-21)18-5-3-4-6-19(18)24/h3-13H,1-2H3,(H,27,29)(H,25,26,28). The van der Waals surface area contributed by atoms with Gasteiger partial charge < -0.3 is 9.73 Å². The average molecular weight is 466 g/mol. The van der Waals surface area contributed by atoms with E-state index in [1.165, 1.54) is 48.5 Å². The van der Waals surface area contributed by atoms with Gasteiger partial charge in [0.1, 0.15) is 23.2 Å². The fourth-order valence-electron chi connectivity index (χ4n) is 3.14. The van der Waals surface area contributed by atoms with Crippen LogP contribution in [0.15, 0.2) is 76.0 Å². The predicted octanol–water partition coefficient (Wildman–Crippen LogP) is 4.55. The number of hydrogen-bond acceptors (Lipinski definition) is 6. The molecule has 168 valence electrons. The van der Waals surface area contributed by atoms with Crippen molar-refractivity contribution in [2.45, 2.75) is 18.7 Å². The highest BCUT2D eigenvalue weighted by atomic mass is 32.2. The fourth-order valence-corrected chi connectivity index (χ4v) is 4.13. The highest BCUT2D eigenvalue weighted by molar-refractivity contribution is 7.92. The zero-order valence-electron chi connectivity index (χ0n) is 17.7. The van der Waals surface area contributed by atoms with E-state index in [0.29, 0.717) is 17.2 Å². The Hall–Kier alpha value is -4.05. The molecule has 0 saturated carbocycles. The molecule has 0 atom stereocenters. The summed E-state index contributed by atoms with van der Waals surface area (Å²) in [5, 5.41) is 2.62. The molecule has 2 aromatic carbocycles. The van der Waals surface area contributed by atoms with Gasteiger partial charge in [-0.3, -0.25) is 9.52 Å². The van der Waals surface area contributed by atoms with Crippen LogP contribution in [0.4, 0.5) is 15.9 Å². The number of nitrogens with zero attached hydrogens (tertiary/aromatic N) is 2. The van der Waals surface area contributed by atoms with E-state index in [4.69, 9.17) is 4.42 Å². The van der Waals surface area contributed by atoms with Crippen LogP contribution in [-0.2, 0) is 10.0 Å². The molecule has 4 rings (SSSR count). The third-order valence-corrected chi connectivity index (χ3v) is 5.97. The van der Waals surface area contributed by atoms with Gasteiger partial charge >= 0.3 is 0 Å². The summed E-state index contributed by atoms with van der Waals surface area (Å²) in [5.41, 5.74) is 1.23. The maximum atomic E-state index is 13.9. The Morgan fingerprint density at radius 1 is 0.970 bits per heavy atom. The first-order valence-corrected chi connectivity index (χ1v) is 11.3. The SMILES string of the molecule is Cc1cc(NS(=O)(=O)c2ccc(NC(=O)c3ccc(-c4ccccc4F)o3)cc2)nc(C)n1. The normalized spacial score (nSPS) is 11.2. The molecule has 10 heteroatoms. The van der Waals surface area contributed by atoms with Gasteiger partial charge in [-0.05, 0) is 62.4 Å². The van der Waals surface area contributed by atoms with E-state index in [2.05, 4.69) is 20.0 Å². The highest BCUT2D eigenvalue weighted by Crippen LogP contribution is 2.25. The number of carbonyl (C=O) groups is 1. The lowest BCUT2D eigenvalue weighted by Gasteiger charge is -2.09. The number of carbonyl (C=O) groups excluding carboxylic acids is 1. The quantitative estimate of drug-likeness (QED) is 0.431. The maximum absolute atomic E-state index is 13.9. The molecular formula is C23H19FN4O4S. The zero-order chi connectivity index (χ0) is 23.6. The molecule has 0 saturated heterocycles. The minimum Gasteiger partial charge on any atom is -0.451 e. The minimum absolute atomic E-state index is 0.00532. The molecule has 0 fully saturated rings. The van der Waals surface area contributed by atoms with Gasteiger partial charge in [0.25, 0.3) is 15.9 Å². The van der Waals surface area contributed by atoms with E-state index in [1.54, 1.807) is 32.0 Å². The number of benzene rings is 2. The van der Waals surface area contributed by atoms with Crippen molar-refractivity contribution in [2.75, 3.05) is 10.0 Å². The number of rotatable bonds is 6. The molecule has 4 aromatic rings. The molecule has 0 aliphatic heterocycles. The van der Waals surface area contributed by atoms with Crippen molar-refractivity contribution in [3.8, 4) is 11.3 Å². The number of amides is 1. The van der Waals surface area contributed by atoms with E-state index >= 15 is 0 Å². The lowest BCUT2D eigenvalue weighted by molar-refractivity contribution is 0.0997. The summed E-state index contributed by atoms with van der Waals surface area (Å²) >= 11 is 0. The topological polar surface area (TPSA) is 114 Å². The number of nitrogens with one attached hydrogen (secondary N) is 2. The predicted molar refractivity (Wildman–Crippen MR) is 121 cm³/mol. The summed E-state index contributed by atoms with van der Waals surface area (Å²) in [5.74, 6) is -0.195. The highest BCUT2D eigenvalue weighted by Gasteiger charge is 2.17. The van der Waals surface area contributed by atoms with Gasteiger partial charge in [-0.25, -0.2) is 22.8 Å². The summed E-state index contributed by atoms with van der Waals surface area (Å²) in [6.07, 6.45) is 0. The molecule has 0 aliphatic rings. The molecule has 2 N–H and O–H groups in total. The van der Waals surface area contributed by atoms with Crippen LogP contribution in [0.3, 0.4) is 0 Å². The molecule has 0 radical (unpaired) electrons. The zero-order valence-corrected chi connectivity index (χ0v) is 18.5. The van der Waals surface area contributed by atoms with Crippen LogP contribution < -0.4 is 10.0 Å². The van der Waals surface area contributed by atoms with E-state index in [-0.39, 0.29) is 27.8 Å². The molecule has 1 amide bonds. The van der Waals surface area contributed by atoms with Crippen LogP contribution in [0.5, 0.6) is 0 Å². The molecule has 8 nitrogen and oxygen atoms in total. The van der Waals surface area contributed by atoms with Gasteiger partial charge in [-0.2, -0.15) is 0 Å². The number of anilines is 2. The van der Waals surface area contributed by atoms with Crippen molar-refractivity contribution >= 4 is 27.4 Å². The largest absolute Gasteiger partial charge is 0.451 e. The summed E-state index contributed by atoms with van der Waals surface area (Å²) in [4.78, 5) is 20.7. The van der Waals surface area contributed by atoms with Crippen LogP contribution in [0.2, 0.25) is 0 Å². The molecule has 0 bridgehead atoms. The molecule has 0 unspecified atom stereocenters. The first-order chi connectivity index (χ1) is 15.7. The van der Waals surface area contributed by atoms with Crippen LogP contribution in [0.1, 0.15) is 22.1 Å². The Morgan fingerprint density at radius 3 is 2.39 bits per heavy atom. The lowest BCUT2D eigenvalue weighted by atomic mass is 10.1. The molecular weight excluding hydrogens is 447 g/mol. The minimum atomic E-state index is -3.88. The van der Waals surface area contributed by atoms with Gasteiger partial charge in [-0.1, -0.05) is 12.1 Å². The second kappa shape index (κ2) is 8.83. The second-order valence-electron chi connectivity index (χ2n) is 7.17. The molecule has 0 spiro atoms. The number of hydrogen-bond donors (Lipinski definition) is 2. The van der Waals surface area contributed by atoms with Gasteiger partial charge in [-0.15, -0.1) is 0 Å². The van der Waals surface area contributed by atoms with Crippen molar-refractivity contribution in [3.63, 3.8) is 0 Å². The summed E-state index contributed by atoms with van der Waals surface area (Å²) in [7, 11) is -3.88. The smallest absolute Gasteiger partial charge is 0.291 e. The van der Waals surface area contributed by atoms with Gasteiger partial charge in [0.05, 0.1) is 10.5 Å². The molecule has 33 heavy (non-hydrogen) atoms. The third-order valence-electron chi connectivity index (χ3n) is 4.60. The van der Waals surface area contributed by atoms with Gasteiger partial charge in [0.15, 0.2) is 5.76 Å². The van der Waals surface area contributed by atoms with Crippen LogP contribution in [-0.4, -0.2) is 24.3 Å². The second-order valence-corrected chi connectivity index (χ2v) is 8.85. The monoisotopic (exact) mass is 466 g/mol. The summed E-state index contributed by atoms with van der Waals surface area (Å²) in [6, 6.07) is 16.1. The summed E-state index contributed by atoms with van der Waals surface area (Å²) in [6.45, 7) is 3.41. The maximum Gasteiger partial charge on any atom is 0.291 e. The van der Waals surface area contributed by atoms with Crippen molar-refractivity contribution in [1.82, 2.24) is 9.97 Å². The lowest BCUT2D eigenvalue weighted by Crippen LogP contribution is -2.15. The number of furan rings is 1. The Kier molecular flexibility index (Phi) is 5.93. The number of aromatic nitrogens is 2. The van der Waals surface area contributed by atoms with Crippen molar-refractivity contribution in [3.05, 3.63) is 89.8 Å². The fraction of sp³-hybridized carbons (Fsp3) is 0.0870. The first kappa shape index (κ1) is 22.2. The van der Waals surface area contributed by atoms with Crippen LogP contribution in [0.25, 0.3) is 11.3 Å². The van der Waals surface area contributed by atoms with Crippen molar-refractivity contribution in [2.24, 2.45) is 0 Å². The third kappa shape index (κ3) is 5.07. The number of aryl methyl sites for hydroxylation is 2. The van der Waals surface area contributed by atoms with E-state index in [1.807, 2.05) is 0 Å². The summed E-state index contributed by atoms with van der Waals surface area (Å²) < 4.78 is 47.1.